The van der Waals surface area contributed by atoms with Gasteiger partial charge in [-0.25, -0.2) is 0 Å². The van der Waals surface area contributed by atoms with Crippen LogP contribution < -0.4 is 5.32 Å². The predicted molar refractivity (Wildman–Crippen MR) is 193 cm³/mol. The lowest BCUT2D eigenvalue weighted by atomic mass is 9.69. The molecule has 214 valence electrons. The normalized spacial score (nSPS) is 15.5. The second kappa shape index (κ2) is 9.54. The molecule has 0 saturated carbocycles. The Morgan fingerprint density at radius 2 is 1.00 bits per heavy atom. The van der Waals surface area contributed by atoms with Crippen molar-refractivity contribution in [1.82, 2.24) is 0 Å². The topological polar surface area (TPSA) is 12.0 Å². The molecule has 0 aliphatic heterocycles. The molecular formula is C45H29N. The van der Waals surface area contributed by atoms with Crippen molar-refractivity contribution in [3.05, 3.63) is 192 Å². The smallest absolute Gasteiger partial charge is 0.0732 e. The zero-order chi connectivity index (χ0) is 30.2. The summed E-state index contributed by atoms with van der Waals surface area (Å²) in [5.74, 6) is 0. The van der Waals surface area contributed by atoms with E-state index < -0.39 is 5.41 Å². The van der Waals surface area contributed by atoms with Crippen LogP contribution in [0.1, 0.15) is 22.3 Å². The Morgan fingerprint density at radius 3 is 1.87 bits per heavy atom. The van der Waals surface area contributed by atoms with Gasteiger partial charge in [-0.2, -0.15) is 0 Å². The molecule has 8 aromatic rings. The van der Waals surface area contributed by atoms with Crippen LogP contribution in [-0.4, -0.2) is 0 Å². The number of anilines is 2. The fraction of sp³-hybridized carbons (Fsp3) is 0.0222. The largest absolute Gasteiger partial charge is 0.355 e. The minimum absolute atomic E-state index is 0.402. The lowest BCUT2D eigenvalue weighted by molar-refractivity contribution is 0.801. The fourth-order valence-electron chi connectivity index (χ4n) is 8.47. The lowest BCUT2D eigenvalue weighted by Crippen LogP contribution is -2.26. The van der Waals surface area contributed by atoms with Gasteiger partial charge in [-0.05, 0) is 89.8 Å². The van der Waals surface area contributed by atoms with Gasteiger partial charge in [0, 0.05) is 16.9 Å². The minimum Gasteiger partial charge on any atom is -0.355 e. The number of hydrogen-bond acceptors (Lipinski definition) is 1. The van der Waals surface area contributed by atoms with E-state index in [1.54, 1.807) is 0 Å². The van der Waals surface area contributed by atoms with E-state index in [0.29, 0.717) is 0 Å². The van der Waals surface area contributed by atoms with Gasteiger partial charge in [0.05, 0.1) is 5.41 Å². The van der Waals surface area contributed by atoms with Crippen LogP contribution in [-0.2, 0) is 5.41 Å². The summed E-state index contributed by atoms with van der Waals surface area (Å²) in [7, 11) is 0. The number of rotatable bonds is 3. The van der Waals surface area contributed by atoms with E-state index in [2.05, 4.69) is 175 Å². The monoisotopic (exact) mass is 583 g/mol. The number of fused-ring (bicyclic) bond motifs is 13. The van der Waals surface area contributed by atoms with Crippen molar-refractivity contribution < 1.29 is 0 Å². The maximum absolute atomic E-state index is 3.89. The van der Waals surface area contributed by atoms with Gasteiger partial charge in [0.2, 0.25) is 0 Å². The molecule has 0 radical (unpaired) electrons. The Hall–Kier alpha value is -5.92. The molecule has 0 fully saturated rings. The van der Waals surface area contributed by atoms with E-state index in [4.69, 9.17) is 0 Å². The van der Waals surface area contributed by atoms with Crippen LogP contribution in [0.25, 0.3) is 54.9 Å². The molecule has 1 atom stereocenters. The van der Waals surface area contributed by atoms with Gasteiger partial charge in [-0.1, -0.05) is 152 Å². The first-order valence-corrected chi connectivity index (χ1v) is 16.0. The van der Waals surface area contributed by atoms with Gasteiger partial charge < -0.3 is 5.32 Å². The molecule has 2 aliphatic carbocycles. The highest BCUT2D eigenvalue weighted by Crippen LogP contribution is 2.65. The summed E-state index contributed by atoms with van der Waals surface area (Å²) in [6.45, 7) is 0. The Bertz CT molecular complexity index is 2520. The predicted octanol–water partition coefficient (Wildman–Crippen LogP) is 11.7. The first-order chi connectivity index (χ1) is 22.8. The first kappa shape index (κ1) is 25.4. The average Bonchev–Trinajstić information content (AvgIpc) is 3.60. The van der Waals surface area contributed by atoms with E-state index >= 15 is 0 Å². The zero-order valence-corrected chi connectivity index (χ0v) is 25.2. The van der Waals surface area contributed by atoms with Crippen LogP contribution in [0.3, 0.4) is 0 Å². The van der Waals surface area contributed by atoms with Crippen molar-refractivity contribution in [3.63, 3.8) is 0 Å². The van der Waals surface area contributed by atoms with E-state index in [-0.39, 0.29) is 0 Å². The van der Waals surface area contributed by atoms with Crippen molar-refractivity contribution in [2.45, 2.75) is 5.41 Å². The number of nitrogens with one attached hydrogen (secondary N) is 1. The molecule has 1 spiro atoms. The molecule has 1 heteroatoms. The van der Waals surface area contributed by atoms with Gasteiger partial charge >= 0.3 is 0 Å². The third-order valence-corrected chi connectivity index (χ3v) is 10.2. The highest BCUT2D eigenvalue weighted by atomic mass is 14.9. The van der Waals surface area contributed by atoms with Crippen LogP contribution in [0.4, 0.5) is 11.4 Å². The highest BCUT2D eigenvalue weighted by Gasteiger charge is 2.52. The van der Waals surface area contributed by atoms with Crippen LogP contribution in [0.2, 0.25) is 0 Å². The van der Waals surface area contributed by atoms with Crippen molar-refractivity contribution in [2.24, 2.45) is 0 Å². The summed E-state index contributed by atoms with van der Waals surface area (Å²) in [6.07, 6.45) is 0. The molecule has 0 heterocycles. The molecule has 46 heavy (non-hydrogen) atoms. The number of hydrogen-bond donors (Lipinski definition) is 1. The van der Waals surface area contributed by atoms with Crippen LogP contribution in [0.15, 0.2) is 170 Å². The molecule has 0 amide bonds. The van der Waals surface area contributed by atoms with E-state index in [9.17, 15) is 0 Å². The van der Waals surface area contributed by atoms with E-state index in [1.807, 2.05) is 0 Å². The van der Waals surface area contributed by atoms with Gasteiger partial charge in [-0.15, -0.1) is 0 Å². The quantitative estimate of drug-likeness (QED) is 0.218. The van der Waals surface area contributed by atoms with Crippen molar-refractivity contribution in [1.29, 1.82) is 0 Å². The highest BCUT2D eigenvalue weighted by molar-refractivity contribution is 6.05. The standard InChI is InChI=1S/C45H29N/c1-3-17-33-29(12-1)14-10-21-34(33)31-15-9-16-32(28-31)46-42-25-11-24-41-43(42)38-20-6-8-23-40(38)45(41)39-22-7-5-19-36(39)37-27-26-30-13-2-4-18-35(30)44(37)45/h1-28,46H. The van der Waals surface area contributed by atoms with Crippen LogP contribution in [0, 0.1) is 0 Å². The van der Waals surface area contributed by atoms with Crippen molar-refractivity contribution >= 4 is 32.9 Å². The fourth-order valence-corrected chi connectivity index (χ4v) is 8.47. The molecule has 0 aromatic heterocycles. The Balaban J connectivity index is 1.20. The maximum Gasteiger partial charge on any atom is 0.0732 e. The molecule has 10 rings (SSSR count). The molecule has 1 nitrogen and oxygen atoms in total. The van der Waals surface area contributed by atoms with E-state index in [0.717, 1.165) is 11.4 Å². The summed E-state index contributed by atoms with van der Waals surface area (Å²) in [5.41, 5.74) is 14.9. The lowest BCUT2D eigenvalue weighted by Gasteiger charge is -2.31. The van der Waals surface area contributed by atoms with E-state index in [1.165, 1.54) is 77.2 Å². The number of benzene rings is 8. The average molecular weight is 584 g/mol. The van der Waals surface area contributed by atoms with Gasteiger partial charge in [0.25, 0.3) is 0 Å². The zero-order valence-electron chi connectivity index (χ0n) is 25.2. The molecule has 0 saturated heterocycles. The molecule has 1 unspecified atom stereocenters. The van der Waals surface area contributed by atoms with Gasteiger partial charge in [0.1, 0.15) is 0 Å². The molecule has 0 bridgehead atoms. The summed E-state index contributed by atoms with van der Waals surface area (Å²) in [4.78, 5) is 0. The van der Waals surface area contributed by atoms with Crippen molar-refractivity contribution in [3.8, 4) is 33.4 Å². The Morgan fingerprint density at radius 1 is 0.391 bits per heavy atom. The Kier molecular flexibility index (Phi) is 5.27. The summed E-state index contributed by atoms with van der Waals surface area (Å²) in [6, 6.07) is 62.5. The summed E-state index contributed by atoms with van der Waals surface area (Å²) in [5, 5.41) is 9.01. The molecule has 1 N–H and O–H groups in total. The second-order valence-corrected chi connectivity index (χ2v) is 12.5. The second-order valence-electron chi connectivity index (χ2n) is 12.5. The maximum atomic E-state index is 3.89. The van der Waals surface area contributed by atoms with Gasteiger partial charge in [-0.3, -0.25) is 0 Å². The minimum atomic E-state index is -0.402. The molecule has 8 aromatic carbocycles. The van der Waals surface area contributed by atoms with Crippen LogP contribution in [0.5, 0.6) is 0 Å². The summed E-state index contributed by atoms with van der Waals surface area (Å²) < 4.78 is 0. The van der Waals surface area contributed by atoms with Gasteiger partial charge in [0.15, 0.2) is 0 Å². The van der Waals surface area contributed by atoms with Crippen molar-refractivity contribution in [2.75, 3.05) is 5.32 Å². The summed E-state index contributed by atoms with van der Waals surface area (Å²) >= 11 is 0. The first-order valence-electron chi connectivity index (χ1n) is 16.0. The SMILES string of the molecule is c1cc(Nc2cccc3c2-c2ccccc2C32c3ccccc3-c3ccc4ccccc4c32)cc(-c2cccc3ccccc23)c1. The van der Waals surface area contributed by atoms with Crippen LogP contribution >= 0.6 is 0 Å². The third kappa shape index (κ3) is 3.35. The molecular weight excluding hydrogens is 555 g/mol. The Labute approximate surface area is 268 Å². The third-order valence-electron chi connectivity index (χ3n) is 10.2. The molecule has 2 aliphatic rings.